The topological polar surface area (TPSA) is 46.6 Å². The molecule has 2 saturated heterocycles. The van der Waals surface area contributed by atoms with Crippen LogP contribution in [0.3, 0.4) is 0 Å². The highest BCUT2D eigenvalue weighted by atomic mass is 16.5. The first-order valence-corrected chi connectivity index (χ1v) is 12.0. The minimum Gasteiger partial charge on any atom is -0.497 e. The zero-order valence-corrected chi connectivity index (χ0v) is 19.5. The lowest BCUT2D eigenvalue weighted by atomic mass is 10.0. The van der Waals surface area contributed by atoms with E-state index in [-0.39, 0.29) is 0 Å². The second-order valence-corrected chi connectivity index (χ2v) is 9.29. The Bertz CT molecular complexity index is 1040. The number of methoxy groups -OCH3 is 1. The monoisotopic (exact) mass is 443 g/mol. The Morgan fingerprint density at radius 1 is 0.909 bits per heavy atom. The van der Waals surface area contributed by atoms with Crippen molar-refractivity contribution >= 4 is 0 Å². The van der Waals surface area contributed by atoms with Gasteiger partial charge in [0.25, 0.3) is 0 Å². The van der Waals surface area contributed by atoms with Crippen molar-refractivity contribution in [3.05, 3.63) is 78.0 Å². The van der Waals surface area contributed by atoms with Gasteiger partial charge in [-0.15, -0.1) is 0 Å². The summed E-state index contributed by atoms with van der Waals surface area (Å²) >= 11 is 0. The van der Waals surface area contributed by atoms with Gasteiger partial charge in [0, 0.05) is 36.9 Å². The highest BCUT2D eigenvalue weighted by Crippen LogP contribution is 2.36. The van der Waals surface area contributed by atoms with Crippen molar-refractivity contribution in [1.82, 2.24) is 15.2 Å². The lowest BCUT2D eigenvalue weighted by molar-refractivity contribution is 0.0661. The lowest BCUT2D eigenvalue weighted by Crippen LogP contribution is -2.43. The Balaban J connectivity index is 1.12. The maximum absolute atomic E-state index is 6.39. The lowest BCUT2D eigenvalue weighted by Gasteiger charge is -2.36. The van der Waals surface area contributed by atoms with Crippen molar-refractivity contribution < 1.29 is 9.47 Å². The molecule has 2 aliphatic heterocycles. The highest BCUT2D eigenvalue weighted by Gasteiger charge is 2.39. The van der Waals surface area contributed by atoms with E-state index in [1.807, 2.05) is 30.5 Å². The van der Waals surface area contributed by atoms with E-state index in [2.05, 4.69) is 58.6 Å². The first kappa shape index (κ1) is 21.9. The molecule has 1 aromatic heterocycles. The quantitative estimate of drug-likeness (QED) is 0.528. The fourth-order valence-corrected chi connectivity index (χ4v) is 5.19. The van der Waals surface area contributed by atoms with Gasteiger partial charge in [0.1, 0.15) is 17.6 Å². The Morgan fingerprint density at radius 3 is 2.36 bits per heavy atom. The van der Waals surface area contributed by atoms with Crippen LogP contribution < -0.4 is 14.8 Å². The summed E-state index contributed by atoms with van der Waals surface area (Å²) in [7, 11) is 3.95. The predicted molar refractivity (Wildman–Crippen MR) is 131 cm³/mol. The molecule has 0 aliphatic carbocycles. The van der Waals surface area contributed by atoms with E-state index >= 15 is 0 Å². The fourth-order valence-electron chi connectivity index (χ4n) is 5.19. The van der Waals surface area contributed by atoms with Gasteiger partial charge in [0.15, 0.2) is 0 Å². The van der Waals surface area contributed by atoms with Crippen LogP contribution in [0.25, 0.3) is 11.3 Å². The zero-order valence-electron chi connectivity index (χ0n) is 19.5. The highest BCUT2D eigenvalue weighted by molar-refractivity contribution is 5.60. The summed E-state index contributed by atoms with van der Waals surface area (Å²) in [4.78, 5) is 7.18. The number of nitrogens with one attached hydrogen (secondary N) is 1. The molecule has 3 heterocycles. The zero-order chi connectivity index (χ0) is 22.6. The molecular formula is C28H33N3O2. The smallest absolute Gasteiger partial charge is 0.120 e. The number of rotatable bonds is 8. The van der Waals surface area contributed by atoms with Crippen molar-refractivity contribution in [2.75, 3.05) is 14.2 Å². The normalized spacial score (nSPS) is 22.3. The molecule has 2 aliphatic rings. The van der Waals surface area contributed by atoms with Crippen LogP contribution >= 0.6 is 0 Å². The van der Waals surface area contributed by atoms with E-state index in [9.17, 15) is 0 Å². The van der Waals surface area contributed by atoms with E-state index in [1.165, 1.54) is 24.0 Å². The van der Waals surface area contributed by atoms with Gasteiger partial charge >= 0.3 is 0 Å². The number of pyridine rings is 1. The SMILES string of the molecule is COc1ccc(-c2ccc(CNCc3cccc(O[C@@H]4C[C@H]5CC[C@@H](C4)N5C)c3)cn2)cc1. The number of benzene rings is 2. The van der Waals surface area contributed by atoms with Crippen molar-refractivity contribution in [3.63, 3.8) is 0 Å². The molecule has 3 aromatic rings. The van der Waals surface area contributed by atoms with E-state index in [1.54, 1.807) is 7.11 Å². The van der Waals surface area contributed by atoms with Gasteiger partial charge < -0.3 is 19.7 Å². The van der Waals surface area contributed by atoms with E-state index in [0.717, 1.165) is 48.7 Å². The molecule has 2 fully saturated rings. The number of fused-ring (bicyclic) bond motifs is 2. The standard InChI is InChI=1S/C28H33N3O2/c1-31-23-9-10-24(31)16-27(15-23)33-26-5-3-4-20(14-26)17-29-18-21-6-13-28(30-19-21)22-7-11-25(32-2)12-8-22/h3-8,11-14,19,23-24,27,29H,9-10,15-18H2,1-2H3/t23-,24+,27-. The molecule has 0 amide bonds. The van der Waals surface area contributed by atoms with Crippen LogP contribution in [0.15, 0.2) is 66.9 Å². The van der Waals surface area contributed by atoms with Crippen LogP contribution in [0.2, 0.25) is 0 Å². The van der Waals surface area contributed by atoms with Gasteiger partial charge in [-0.25, -0.2) is 0 Å². The largest absolute Gasteiger partial charge is 0.497 e. The second kappa shape index (κ2) is 9.94. The molecule has 172 valence electrons. The van der Waals surface area contributed by atoms with Crippen LogP contribution in [0, 0.1) is 0 Å². The third-order valence-corrected chi connectivity index (χ3v) is 7.12. The first-order valence-electron chi connectivity index (χ1n) is 12.0. The van der Waals surface area contributed by atoms with Gasteiger partial charge in [0.2, 0.25) is 0 Å². The minimum absolute atomic E-state index is 0.345. The summed E-state index contributed by atoms with van der Waals surface area (Å²) in [5.74, 6) is 1.85. The van der Waals surface area contributed by atoms with Gasteiger partial charge in [0.05, 0.1) is 12.8 Å². The summed E-state index contributed by atoms with van der Waals surface area (Å²) < 4.78 is 11.6. The molecule has 0 saturated carbocycles. The Hall–Kier alpha value is -2.89. The molecule has 33 heavy (non-hydrogen) atoms. The molecule has 5 rings (SSSR count). The molecule has 3 atom stereocenters. The molecule has 0 unspecified atom stereocenters. The Labute approximate surface area is 196 Å². The maximum atomic E-state index is 6.39. The summed E-state index contributed by atoms with van der Waals surface area (Å²) in [6, 6.07) is 22.1. The van der Waals surface area contributed by atoms with E-state index < -0.39 is 0 Å². The number of piperidine rings is 1. The molecule has 1 N–H and O–H groups in total. The number of hydrogen-bond donors (Lipinski definition) is 1. The van der Waals surface area contributed by atoms with Crippen molar-refractivity contribution in [2.24, 2.45) is 0 Å². The van der Waals surface area contributed by atoms with Gasteiger partial charge in [-0.1, -0.05) is 18.2 Å². The number of hydrogen-bond acceptors (Lipinski definition) is 5. The second-order valence-electron chi connectivity index (χ2n) is 9.29. The Kier molecular flexibility index (Phi) is 6.60. The third-order valence-electron chi connectivity index (χ3n) is 7.12. The van der Waals surface area contributed by atoms with Gasteiger partial charge in [-0.2, -0.15) is 0 Å². The van der Waals surface area contributed by atoms with Crippen LogP contribution in [0.5, 0.6) is 11.5 Å². The fraction of sp³-hybridized carbons (Fsp3) is 0.393. The molecule has 0 spiro atoms. The molecule has 0 radical (unpaired) electrons. The van der Waals surface area contributed by atoms with Gasteiger partial charge in [-0.3, -0.25) is 4.98 Å². The molecule has 5 nitrogen and oxygen atoms in total. The molecular weight excluding hydrogens is 410 g/mol. The summed E-state index contributed by atoms with van der Waals surface area (Å²) in [6.45, 7) is 1.58. The van der Waals surface area contributed by atoms with Crippen molar-refractivity contribution in [1.29, 1.82) is 0 Å². The van der Waals surface area contributed by atoms with Crippen LogP contribution in [0.1, 0.15) is 36.8 Å². The number of ether oxygens (including phenoxy) is 2. The summed E-state index contributed by atoms with van der Waals surface area (Å²) in [6.07, 6.45) is 7.23. The summed E-state index contributed by atoms with van der Waals surface area (Å²) in [5.41, 5.74) is 4.46. The van der Waals surface area contributed by atoms with Crippen molar-refractivity contribution in [2.45, 2.75) is 57.0 Å². The molecule has 2 aromatic carbocycles. The third kappa shape index (κ3) is 5.21. The minimum atomic E-state index is 0.345. The Morgan fingerprint density at radius 2 is 1.67 bits per heavy atom. The van der Waals surface area contributed by atoms with E-state index in [0.29, 0.717) is 18.2 Å². The van der Waals surface area contributed by atoms with Crippen LogP contribution in [-0.2, 0) is 13.1 Å². The predicted octanol–water partition coefficient (Wildman–Crippen LogP) is 5.05. The van der Waals surface area contributed by atoms with Crippen LogP contribution in [0.4, 0.5) is 0 Å². The molecule has 5 heteroatoms. The first-order chi connectivity index (χ1) is 16.2. The van der Waals surface area contributed by atoms with Gasteiger partial charge in [-0.05, 0) is 86.3 Å². The number of aromatic nitrogens is 1. The molecule has 2 bridgehead atoms. The maximum Gasteiger partial charge on any atom is 0.120 e. The van der Waals surface area contributed by atoms with Crippen molar-refractivity contribution in [3.8, 4) is 22.8 Å². The van der Waals surface area contributed by atoms with Crippen LogP contribution in [-0.4, -0.2) is 42.2 Å². The van der Waals surface area contributed by atoms with E-state index in [4.69, 9.17) is 9.47 Å². The average molecular weight is 444 g/mol. The summed E-state index contributed by atoms with van der Waals surface area (Å²) in [5, 5.41) is 3.53. The number of nitrogens with zero attached hydrogens (tertiary/aromatic N) is 2. The average Bonchev–Trinajstić information content (AvgIpc) is 3.05.